The third-order valence-electron chi connectivity index (χ3n) is 15.6. The van der Waals surface area contributed by atoms with Crippen LogP contribution in [0.3, 0.4) is 0 Å². The fourth-order valence-electron chi connectivity index (χ4n) is 12.4. The number of nitrogens with one attached hydrogen (secondary N) is 3. The van der Waals surface area contributed by atoms with Gasteiger partial charge in [-0.1, -0.05) is 38.5 Å². The molecular weight excluding hydrogens is 851 g/mol. The fourth-order valence-corrected chi connectivity index (χ4v) is 12.4. The van der Waals surface area contributed by atoms with Crippen molar-refractivity contribution in [2.24, 2.45) is 22.7 Å². The number of methoxy groups -OCH3 is 2. The molecule has 0 unspecified atom stereocenters. The van der Waals surface area contributed by atoms with Gasteiger partial charge in [-0.2, -0.15) is 0 Å². The normalized spacial score (nSPS) is 27.1. The SMILES string of the molecule is COC(=O)N[C@H](C(=O)N1[C@H](C2=Nc3ccc4cc5c(cc4c3C2)OCc2cc(-c3cnc([C@@H]4CC[C@H](C)N4C(=O)[C@@H](NC(=O)OC)C4C[C@@H](C)O[C@H](C)C4)[nH]3)ccc2-5)C[C@@H]2CCC[C@@H]21)C(C)C. The molecule has 4 amide bonds. The maximum absolute atomic E-state index is 14.5. The van der Waals surface area contributed by atoms with Gasteiger partial charge in [-0.15, -0.1) is 0 Å². The Balaban J connectivity index is 0.877. The number of fused-ring (bicyclic) bond motifs is 7. The molecule has 0 radical (unpaired) electrons. The molecular formula is C52H63N7O8. The number of aromatic nitrogens is 2. The van der Waals surface area contributed by atoms with E-state index in [1.165, 1.54) is 14.2 Å². The molecule has 10 rings (SSSR count). The van der Waals surface area contributed by atoms with Crippen molar-refractivity contribution in [3.05, 3.63) is 65.6 Å². The largest absolute Gasteiger partial charge is 0.488 e. The molecule has 6 heterocycles. The summed E-state index contributed by atoms with van der Waals surface area (Å²) in [6.07, 6.45) is 8.13. The number of likely N-dealkylation sites (tertiary alicyclic amines) is 2. The third kappa shape index (κ3) is 8.20. The second kappa shape index (κ2) is 17.9. The number of aliphatic imine (C=N–C) groups is 1. The summed E-state index contributed by atoms with van der Waals surface area (Å²) in [4.78, 5) is 71.4. The van der Waals surface area contributed by atoms with Crippen molar-refractivity contribution in [3.8, 4) is 28.1 Å². The van der Waals surface area contributed by atoms with Crippen LogP contribution in [0.25, 0.3) is 33.2 Å². The molecule has 0 spiro atoms. The highest BCUT2D eigenvalue weighted by molar-refractivity contribution is 6.07. The van der Waals surface area contributed by atoms with Crippen molar-refractivity contribution in [1.29, 1.82) is 0 Å². The van der Waals surface area contributed by atoms with E-state index in [2.05, 4.69) is 69.9 Å². The van der Waals surface area contributed by atoms with E-state index in [9.17, 15) is 19.2 Å². The summed E-state index contributed by atoms with van der Waals surface area (Å²) in [6, 6.07) is 13.3. The third-order valence-corrected chi connectivity index (χ3v) is 15.6. The van der Waals surface area contributed by atoms with Crippen molar-refractivity contribution in [3.63, 3.8) is 0 Å². The van der Waals surface area contributed by atoms with E-state index in [0.29, 0.717) is 37.6 Å². The number of hydrogen-bond donors (Lipinski definition) is 3. The van der Waals surface area contributed by atoms with Crippen LogP contribution in [0.5, 0.6) is 5.75 Å². The number of hydrogen-bond acceptors (Lipinski definition) is 10. The lowest BCUT2D eigenvalue weighted by Crippen LogP contribution is -2.56. The lowest BCUT2D eigenvalue weighted by atomic mass is 9.85. The van der Waals surface area contributed by atoms with Crippen LogP contribution in [0.2, 0.25) is 0 Å². The van der Waals surface area contributed by atoms with Gasteiger partial charge in [0.1, 0.15) is 30.3 Å². The molecule has 15 nitrogen and oxygen atoms in total. The quantitative estimate of drug-likeness (QED) is 0.149. The molecule has 9 atom stereocenters. The van der Waals surface area contributed by atoms with Gasteiger partial charge in [0.05, 0.1) is 56.1 Å². The average molecular weight is 914 g/mol. The van der Waals surface area contributed by atoms with Gasteiger partial charge in [-0.3, -0.25) is 14.6 Å². The predicted octanol–water partition coefficient (Wildman–Crippen LogP) is 8.55. The molecule has 3 saturated heterocycles. The number of alkyl carbamates (subject to hydrolysis) is 2. The van der Waals surface area contributed by atoms with Crippen molar-refractivity contribution in [2.75, 3.05) is 14.2 Å². The number of benzene rings is 3. The highest BCUT2D eigenvalue weighted by atomic mass is 16.5. The van der Waals surface area contributed by atoms with Crippen LogP contribution in [0.1, 0.15) is 109 Å². The highest BCUT2D eigenvalue weighted by Gasteiger charge is 2.50. The molecule has 3 N–H and O–H groups in total. The zero-order chi connectivity index (χ0) is 46.8. The maximum atomic E-state index is 14.5. The number of carbonyl (C=O) groups is 4. The van der Waals surface area contributed by atoms with E-state index >= 15 is 0 Å². The zero-order valence-corrected chi connectivity index (χ0v) is 39.6. The number of H-pyrrole nitrogens is 1. The fraction of sp³-hybridized carbons (Fsp3) is 0.538. The monoisotopic (exact) mass is 913 g/mol. The van der Waals surface area contributed by atoms with Gasteiger partial charge in [0.25, 0.3) is 0 Å². The molecule has 67 heavy (non-hydrogen) atoms. The van der Waals surface area contributed by atoms with Crippen molar-refractivity contribution >= 4 is 46.2 Å². The summed E-state index contributed by atoms with van der Waals surface area (Å²) in [5.74, 6) is 1.58. The number of rotatable bonds is 9. The summed E-state index contributed by atoms with van der Waals surface area (Å²) in [6.45, 7) is 10.4. The number of aromatic amines is 1. The first-order chi connectivity index (χ1) is 32.3. The van der Waals surface area contributed by atoms with E-state index in [0.717, 1.165) is 100.0 Å². The van der Waals surface area contributed by atoms with Gasteiger partial charge in [-0.05, 0) is 141 Å². The van der Waals surface area contributed by atoms with E-state index < -0.39 is 24.3 Å². The topological polar surface area (TPSA) is 177 Å². The standard InChI is InChI=1S/C52H63N7O8/c1-26(2)46(56-51(62)64-6)49(60)59-42-10-8-9-32(42)21-44(59)40-22-37-36-23-45-38(20-30(36)13-15-39(37)54-40)35-14-12-31(19-34(35)25-66-45)41-24-53-48(55-41)43-16-11-27(3)58(43)50(61)47(57-52(63)65-7)33-17-28(4)67-29(5)18-33/h12-15,19-20,23-24,26-29,32-33,42-44,46-47H,8-11,16-18,21-22,25H2,1-7H3,(H,53,55)(H,56,62)(H,57,63)/t27-,28+,29+,32-,42-,43-,44-,46-,47-/m0/s1. The van der Waals surface area contributed by atoms with Gasteiger partial charge in [-0.25, -0.2) is 14.6 Å². The summed E-state index contributed by atoms with van der Waals surface area (Å²) < 4.78 is 22.4. The Hall–Kier alpha value is -5.96. The average Bonchev–Trinajstić information content (AvgIpc) is 4.17. The van der Waals surface area contributed by atoms with Gasteiger partial charge in [0.15, 0.2) is 0 Å². The molecule has 15 heteroatoms. The van der Waals surface area contributed by atoms with E-state index in [1.807, 2.05) is 38.8 Å². The predicted molar refractivity (Wildman–Crippen MR) is 253 cm³/mol. The summed E-state index contributed by atoms with van der Waals surface area (Å²) >= 11 is 0. The first-order valence-electron chi connectivity index (χ1n) is 24.3. The first-order valence-corrected chi connectivity index (χ1v) is 24.3. The van der Waals surface area contributed by atoms with Crippen LogP contribution in [-0.2, 0) is 36.8 Å². The summed E-state index contributed by atoms with van der Waals surface area (Å²) in [5, 5.41) is 7.91. The molecule has 4 fully saturated rings. The molecule has 1 aliphatic carbocycles. The molecule has 6 aliphatic rings. The summed E-state index contributed by atoms with van der Waals surface area (Å²) in [5.41, 5.74) is 8.10. The second-order valence-electron chi connectivity index (χ2n) is 20.2. The minimum atomic E-state index is -0.743. The molecule has 0 bridgehead atoms. The van der Waals surface area contributed by atoms with Crippen LogP contribution in [-0.4, -0.2) is 106 Å². The molecule has 5 aliphatic heterocycles. The number of nitrogens with zero attached hydrogens (tertiary/aromatic N) is 4. The molecule has 354 valence electrons. The van der Waals surface area contributed by atoms with E-state index in [1.54, 1.807) is 0 Å². The number of ether oxygens (including phenoxy) is 4. The Bertz CT molecular complexity index is 2630. The summed E-state index contributed by atoms with van der Waals surface area (Å²) in [7, 11) is 2.64. The Kier molecular flexibility index (Phi) is 12.0. The van der Waals surface area contributed by atoms with Crippen LogP contribution in [0.15, 0.2) is 53.7 Å². The van der Waals surface area contributed by atoms with Crippen molar-refractivity contribution in [2.45, 2.75) is 147 Å². The molecule has 3 aromatic carbocycles. The van der Waals surface area contributed by atoms with Crippen molar-refractivity contribution < 1.29 is 38.1 Å². The molecule has 4 aromatic rings. The Labute approximate surface area is 391 Å². The highest BCUT2D eigenvalue weighted by Crippen LogP contribution is 2.48. The first kappa shape index (κ1) is 44.9. The maximum Gasteiger partial charge on any atom is 0.407 e. The lowest BCUT2D eigenvalue weighted by Gasteiger charge is -2.39. The minimum Gasteiger partial charge on any atom is -0.488 e. The van der Waals surface area contributed by atoms with Crippen LogP contribution >= 0.6 is 0 Å². The Morgan fingerprint density at radius 2 is 1.61 bits per heavy atom. The smallest absolute Gasteiger partial charge is 0.407 e. The van der Waals surface area contributed by atoms with Gasteiger partial charge in [0.2, 0.25) is 11.8 Å². The Morgan fingerprint density at radius 3 is 2.37 bits per heavy atom. The van der Waals surface area contributed by atoms with E-state index in [4.69, 9.17) is 28.9 Å². The minimum absolute atomic E-state index is 0.0274. The van der Waals surface area contributed by atoms with Crippen LogP contribution < -0.4 is 15.4 Å². The van der Waals surface area contributed by atoms with Gasteiger partial charge < -0.3 is 44.4 Å². The van der Waals surface area contributed by atoms with Gasteiger partial charge >= 0.3 is 12.2 Å². The lowest BCUT2D eigenvalue weighted by molar-refractivity contribution is -0.140. The number of carbonyl (C=O) groups excluding carboxylic acids is 4. The zero-order valence-electron chi connectivity index (χ0n) is 39.6. The number of imidazole rings is 1. The number of amides is 4. The molecule has 1 saturated carbocycles. The van der Waals surface area contributed by atoms with Gasteiger partial charge in [0, 0.05) is 29.8 Å². The van der Waals surface area contributed by atoms with Crippen LogP contribution in [0.4, 0.5) is 15.3 Å². The van der Waals surface area contributed by atoms with E-state index in [-0.39, 0.29) is 60.0 Å². The van der Waals surface area contributed by atoms with Crippen LogP contribution in [0, 0.1) is 17.8 Å². The Morgan fingerprint density at radius 1 is 0.836 bits per heavy atom. The molecule has 1 aromatic heterocycles. The second-order valence-corrected chi connectivity index (χ2v) is 20.2. The van der Waals surface area contributed by atoms with Crippen molar-refractivity contribution in [1.82, 2.24) is 30.4 Å².